The van der Waals surface area contributed by atoms with Gasteiger partial charge >= 0.3 is 0 Å². The standard InChI is InChI=1S/C25H25N5O3/c1-2-5-19(6-3-1)25-27-22(28-33-25)16-30-14-11-26-24(30)18-9-12-29(13-10-18)15-20-7-4-8-21-23(20)32-17-31-21/h1-8,11,14,18H,9-10,12-13,15-17H2. The molecule has 6 rings (SSSR count). The van der Waals surface area contributed by atoms with Crippen molar-refractivity contribution in [2.24, 2.45) is 0 Å². The molecule has 8 heteroatoms. The zero-order valence-corrected chi connectivity index (χ0v) is 18.3. The molecule has 0 radical (unpaired) electrons. The van der Waals surface area contributed by atoms with Gasteiger partial charge in [-0.25, -0.2) is 4.98 Å². The molecule has 2 aliphatic rings. The Balaban J connectivity index is 1.10. The lowest BCUT2D eigenvalue weighted by atomic mass is 9.95. The molecule has 2 aromatic heterocycles. The largest absolute Gasteiger partial charge is 0.454 e. The van der Waals surface area contributed by atoms with E-state index in [-0.39, 0.29) is 0 Å². The molecule has 1 saturated heterocycles. The maximum Gasteiger partial charge on any atom is 0.257 e. The Morgan fingerprint density at radius 3 is 2.70 bits per heavy atom. The quantitative estimate of drug-likeness (QED) is 0.444. The van der Waals surface area contributed by atoms with Crippen molar-refractivity contribution in [2.75, 3.05) is 19.9 Å². The fourth-order valence-electron chi connectivity index (χ4n) is 4.69. The van der Waals surface area contributed by atoms with Crippen LogP contribution in [0.3, 0.4) is 0 Å². The maximum atomic E-state index is 5.67. The molecule has 0 saturated carbocycles. The van der Waals surface area contributed by atoms with E-state index in [1.54, 1.807) is 0 Å². The molecule has 2 aromatic carbocycles. The predicted molar refractivity (Wildman–Crippen MR) is 121 cm³/mol. The Morgan fingerprint density at radius 1 is 0.939 bits per heavy atom. The first-order valence-corrected chi connectivity index (χ1v) is 11.3. The van der Waals surface area contributed by atoms with Crippen molar-refractivity contribution in [1.82, 2.24) is 24.6 Å². The van der Waals surface area contributed by atoms with Gasteiger partial charge in [-0.1, -0.05) is 35.5 Å². The summed E-state index contributed by atoms with van der Waals surface area (Å²) in [5.74, 6) is 4.45. The highest BCUT2D eigenvalue weighted by molar-refractivity contribution is 5.52. The first-order valence-electron chi connectivity index (χ1n) is 11.3. The topological polar surface area (TPSA) is 78.4 Å². The van der Waals surface area contributed by atoms with Gasteiger partial charge < -0.3 is 18.6 Å². The minimum absolute atomic E-state index is 0.310. The molecule has 0 atom stereocenters. The molecule has 0 N–H and O–H groups in total. The molecule has 0 unspecified atom stereocenters. The Labute approximate surface area is 191 Å². The average Bonchev–Trinajstić information content (AvgIpc) is 3.62. The Morgan fingerprint density at radius 2 is 1.82 bits per heavy atom. The van der Waals surface area contributed by atoms with Crippen molar-refractivity contribution >= 4 is 0 Å². The molecule has 0 bridgehead atoms. The summed E-state index contributed by atoms with van der Waals surface area (Å²) in [7, 11) is 0. The van der Waals surface area contributed by atoms with E-state index in [1.807, 2.05) is 54.9 Å². The molecule has 2 aliphatic heterocycles. The average molecular weight is 444 g/mol. The molecule has 8 nitrogen and oxygen atoms in total. The van der Waals surface area contributed by atoms with Crippen molar-refractivity contribution in [1.29, 1.82) is 0 Å². The molecule has 168 valence electrons. The number of hydrogen-bond donors (Lipinski definition) is 0. The summed E-state index contributed by atoms with van der Waals surface area (Å²) >= 11 is 0. The summed E-state index contributed by atoms with van der Waals surface area (Å²) in [5.41, 5.74) is 2.12. The van der Waals surface area contributed by atoms with Gasteiger partial charge in [0.1, 0.15) is 5.82 Å². The van der Waals surface area contributed by atoms with E-state index in [0.29, 0.717) is 31.0 Å². The van der Waals surface area contributed by atoms with Crippen LogP contribution in [0.1, 0.15) is 36.0 Å². The minimum atomic E-state index is 0.310. The van der Waals surface area contributed by atoms with Gasteiger partial charge in [0, 0.05) is 36.0 Å². The second-order valence-corrected chi connectivity index (χ2v) is 8.50. The van der Waals surface area contributed by atoms with Crippen LogP contribution in [0.2, 0.25) is 0 Å². The number of benzene rings is 2. The zero-order valence-electron chi connectivity index (χ0n) is 18.3. The maximum absolute atomic E-state index is 5.67. The highest BCUT2D eigenvalue weighted by atomic mass is 16.7. The van der Waals surface area contributed by atoms with E-state index < -0.39 is 0 Å². The van der Waals surface area contributed by atoms with Crippen LogP contribution in [0.4, 0.5) is 0 Å². The van der Waals surface area contributed by atoms with Gasteiger partial charge in [0.05, 0.1) is 6.54 Å². The van der Waals surface area contributed by atoms with E-state index in [4.69, 9.17) is 14.0 Å². The zero-order chi connectivity index (χ0) is 22.0. The number of piperidine rings is 1. The van der Waals surface area contributed by atoms with E-state index >= 15 is 0 Å². The normalized spacial score (nSPS) is 16.4. The van der Waals surface area contributed by atoms with Gasteiger partial charge in [-0.2, -0.15) is 4.98 Å². The number of rotatable bonds is 6. The van der Waals surface area contributed by atoms with Crippen LogP contribution in [-0.2, 0) is 13.1 Å². The van der Waals surface area contributed by atoms with Crippen LogP contribution in [0, 0.1) is 0 Å². The molecule has 4 aromatic rings. The summed E-state index contributed by atoms with van der Waals surface area (Å²) < 4.78 is 18.8. The van der Waals surface area contributed by atoms with Crippen molar-refractivity contribution < 1.29 is 14.0 Å². The van der Waals surface area contributed by atoms with E-state index in [0.717, 1.165) is 55.4 Å². The lowest BCUT2D eigenvalue weighted by molar-refractivity contribution is 0.169. The monoisotopic (exact) mass is 443 g/mol. The highest BCUT2D eigenvalue weighted by Crippen LogP contribution is 2.37. The van der Waals surface area contributed by atoms with Crippen LogP contribution in [0.15, 0.2) is 65.4 Å². The molecule has 33 heavy (non-hydrogen) atoms. The fourth-order valence-corrected chi connectivity index (χ4v) is 4.69. The second-order valence-electron chi connectivity index (χ2n) is 8.50. The summed E-state index contributed by atoms with van der Waals surface area (Å²) in [6.07, 6.45) is 5.99. The third-order valence-corrected chi connectivity index (χ3v) is 6.37. The number of nitrogens with zero attached hydrogens (tertiary/aromatic N) is 5. The Kier molecular flexibility index (Phi) is 5.28. The summed E-state index contributed by atoms with van der Waals surface area (Å²) in [6.45, 7) is 3.77. The second kappa shape index (κ2) is 8.71. The van der Waals surface area contributed by atoms with Crippen molar-refractivity contribution in [3.05, 3.63) is 78.1 Å². The summed E-state index contributed by atoms with van der Waals surface area (Å²) in [4.78, 5) is 11.7. The van der Waals surface area contributed by atoms with Crippen LogP contribution in [0.5, 0.6) is 11.5 Å². The minimum Gasteiger partial charge on any atom is -0.454 e. The molecule has 1 fully saturated rings. The van der Waals surface area contributed by atoms with E-state index in [9.17, 15) is 0 Å². The summed E-state index contributed by atoms with van der Waals surface area (Å²) in [6, 6.07) is 16.0. The van der Waals surface area contributed by atoms with E-state index in [1.165, 1.54) is 5.56 Å². The predicted octanol–water partition coefficient (Wildman–Crippen LogP) is 4.09. The number of ether oxygens (including phenoxy) is 2. The van der Waals surface area contributed by atoms with Crippen molar-refractivity contribution in [2.45, 2.75) is 31.8 Å². The highest BCUT2D eigenvalue weighted by Gasteiger charge is 2.26. The van der Waals surface area contributed by atoms with Gasteiger partial charge in [-0.15, -0.1) is 0 Å². The lowest BCUT2D eigenvalue weighted by Crippen LogP contribution is -2.33. The Bertz CT molecular complexity index is 1230. The molecule has 0 amide bonds. The van der Waals surface area contributed by atoms with Crippen LogP contribution in [-0.4, -0.2) is 44.5 Å². The van der Waals surface area contributed by atoms with Crippen LogP contribution < -0.4 is 9.47 Å². The SMILES string of the molecule is c1ccc(-c2nc(Cn3ccnc3C3CCN(Cc4cccc5c4OCO5)CC3)no2)cc1. The number of imidazole rings is 1. The van der Waals surface area contributed by atoms with Gasteiger partial charge in [0.2, 0.25) is 6.79 Å². The third-order valence-electron chi connectivity index (χ3n) is 6.37. The lowest BCUT2D eigenvalue weighted by Gasteiger charge is -2.32. The first kappa shape index (κ1) is 20.0. The van der Waals surface area contributed by atoms with Crippen LogP contribution >= 0.6 is 0 Å². The van der Waals surface area contributed by atoms with Gasteiger partial charge in [0.25, 0.3) is 5.89 Å². The molecule has 0 spiro atoms. The van der Waals surface area contributed by atoms with Gasteiger partial charge in [-0.3, -0.25) is 4.90 Å². The van der Waals surface area contributed by atoms with E-state index in [2.05, 4.69) is 30.7 Å². The number of likely N-dealkylation sites (tertiary alicyclic amines) is 1. The fraction of sp³-hybridized carbons (Fsp3) is 0.320. The molecule has 0 aliphatic carbocycles. The number of fused-ring (bicyclic) bond motifs is 1. The number of hydrogen-bond acceptors (Lipinski definition) is 7. The number of aromatic nitrogens is 4. The Hall–Kier alpha value is -3.65. The van der Waals surface area contributed by atoms with Crippen molar-refractivity contribution in [3.8, 4) is 23.0 Å². The first-order chi connectivity index (χ1) is 16.3. The van der Waals surface area contributed by atoms with Gasteiger partial charge in [0.15, 0.2) is 17.3 Å². The van der Waals surface area contributed by atoms with Gasteiger partial charge in [-0.05, 0) is 44.1 Å². The molecular formula is C25H25N5O3. The summed E-state index contributed by atoms with van der Waals surface area (Å²) in [5, 5.41) is 4.18. The molecular weight excluding hydrogens is 418 g/mol. The smallest absolute Gasteiger partial charge is 0.257 e. The molecule has 4 heterocycles. The van der Waals surface area contributed by atoms with Crippen molar-refractivity contribution in [3.63, 3.8) is 0 Å². The number of para-hydroxylation sites is 1. The third kappa shape index (κ3) is 4.09. The van der Waals surface area contributed by atoms with Crippen LogP contribution in [0.25, 0.3) is 11.5 Å².